The molecule has 1 aromatic carbocycles. The van der Waals surface area contributed by atoms with E-state index in [1.54, 1.807) is 23.2 Å². The molecule has 7 nitrogen and oxygen atoms in total. The van der Waals surface area contributed by atoms with E-state index in [1.807, 2.05) is 32.0 Å². The molecule has 1 atom stereocenters. The molecule has 1 aliphatic rings. The molecule has 4 rings (SSSR count). The summed E-state index contributed by atoms with van der Waals surface area (Å²) in [4.78, 5) is 26.0. The first-order chi connectivity index (χ1) is 14.5. The molecule has 0 aliphatic carbocycles. The van der Waals surface area contributed by atoms with Gasteiger partial charge in [-0.05, 0) is 38.3 Å². The van der Waals surface area contributed by atoms with E-state index in [-0.39, 0.29) is 17.5 Å². The number of hydrogen-bond acceptors (Lipinski definition) is 6. The minimum Gasteiger partial charge on any atom is -0.356 e. The quantitative estimate of drug-likeness (QED) is 0.648. The molecule has 1 saturated heterocycles. The Hall–Kier alpha value is -3.29. The number of aryl methyl sites for hydroxylation is 1. The van der Waals surface area contributed by atoms with Gasteiger partial charge in [0.15, 0.2) is 5.76 Å². The number of aromatic nitrogens is 3. The van der Waals surface area contributed by atoms with Gasteiger partial charge >= 0.3 is 0 Å². The maximum Gasteiger partial charge on any atom is 0.257 e. The van der Waals surface area contributed by atoms with Crippen LogP contribution in [0.5, 0.6) is 0 Å². The zero-order valence-electron chi connectivity index (χ0n) is 17.3. The predicted octanol–water partition coefficient (Wildman–Crippen LogP) is 4.01. The number of halogens is 1. The fourth-order valence-corrected chi connectivity index (χ4v) is 3.78. The number of rotatable bonds is 4. The summed E-state index contributed by atoms with van der Waals surface area (Å²) in [6, 6.07) is 7.60. The summed E-state index contributed by atoms with van der Waals surface area (Å²) in [6.07, 6.45) is 4.24. The molecule has 0 radical (unpaired) electrons. The number of carbonyl (C=O) groups is 1. The van der Waals surface area contributed by atoms with E-state index in [9.17, 15) is 9.18 Å². The highest BCUT2D eigenvalue weighted by molar-refractivity contribution is 5.95. The van der Waals surface area contributed by atoms with Gasteiger partial charge in [0.2, 0.25) is 5.95 Å². The van der Waals surface area contributed by atoms with Crippen LogP contribution in [0, 0.1) is 12.7 Å². The van der Waals surface area contributed by atoms with Crippen molar-refractivity contribution in [2.45, 2.75) is 32.2 Å². The van der Waals surface area contributed by atoms with Crippen LogP contribution in [0.15, 0.2) is 41.1 Å². The van der Waals surface area contributed by atoms with Crippen LogP contribution in [-0.4, -0.2) is 46.6 Å². The molecule has 3 aromatic rings. The van der Waals surface area contributed by atoms with E-state index in [1.165, 1.54) is 12.1 Å². The monoisotopic (exact) mass is 409 g/mol. The average molecular weight is 409 g/mol. The molecule has 1 amide bonds. The maximum atomic E-state index is 14.3. The van der Waals surface area contributed by atoms with E-state index in [0.717, 1.165) is 25.0 Å². The van der Waals surface area contributed by atoms with E-state index < -0.39 is 5.82 Å². The topological polar surface area (TPSA) is 75.4 Å². The first kappa shape index (κ1) is 20.0. The first-order valence-electron chi connectivity index (χ1n) is 9.99. The third-order valence-corrected chi connectivity index (χ3v) is 5.28. The van der Waals surface area contributed by atoms with Gasteiger partial charge in [-0.15, -0.1) is 0 Å². The lowest BCUT2D eigenvalue weighted by molar-refractivity contribution is 0.0601. The van der Waals surface area contributed by atoms with Gasteiger partial charge < -0.3 is 14.3 Å². The van der Waals surface area contributed by atoms with Gasteiger partial charge in [0.1, 0.15) is 5.82 Å². The third kappa shape index (κ3) is 3.77. The SMILES string of the molecule is Cc1cc(-c2cnc(N(C)C)nc2[C@@H]2CCCCN2C(=O)c2ccccc2F)on1. The highest BCUT2D eigenvalue weighted by atomic mass is 19.1. The highest BCUT2D eigenvalue weighted by Gasteiger charge is 2.33. The van der Waals surface area contributed by atoms with Gasteiger partial charge in [0, 0.05) is 32.9 Å². The van der Waals surface area contributed by atoms with Crippen LogP contribution in [-0.2, 0) is 0 Å². The van der Waals surface area contributed by atoms with Crippen molar-refractivity contribution in [3.8, 4) is 11.3 Å². The summed E-state index contributed by atoms with van der Waals surface area (Å²) in [6.45, 7) is 2.38. The average Bonchev–Trinajstić information content (AvgIpc) is 3.19. The Morgan fingerprint density at radius 3 is 2.77 bits per heavy atom. The Morgan fingerprint density at radius 2 is 2.07 bits per heavy atom. The van der Waals surface area contributed by atoms with E-state index in [2.05, 4.69) is 10.1 Å². The fraction of sp³-hybridized carbons (Fsp3) is 0.364. The zero-order valence-corrected chi connectivity index (χ0v) is 17.3. The van der Waals surface area contributed by atoms with Crippen molar-refractivity contribution >= 4 is 11.9 Å². The molecule has 1 fully saturated rings. The van der Waals surface area contributed by atoms with Crippen molar-refractivity contribution in [1.29, 1.82) is 0 Å². The lowest BCUT2D eigenvalue weighted by atomic mass is 9.94. The van der Waals surface area contributed by atoms with E-state index in [0.29, 0.717) is 29.5 Å². The van der Waals surface area contributed by atoms with Gasteiger partial charge in [0.25, 0.3) is 5.91 Å². The second-order valence-electron chi connectivity index (χ2n) is 7.69. The fourth-order valence-electron chi connectivity index (χ4n) is 3.78. The largest absolute Gasteiger partial charge is 0.356 e. The summed E-state index contributed by atoms with van der Waals surface area (Å²) in [7, 11) is 3.72. The van der Waals surface area contributed by atoms with Crippen molar-refractivity contribution < 1.29 is 13.7 Å². The van der Waals surface area contributed by atoms with Crippen LogP contribution >= 0.6 is 0 Å². The van der Waals surface area contributed by atoms with Gasteiger partial charge in [-0.1, -0.05) is 17.3 Å². The van der Waals surface area contributed by atoms with E-state index >= 15 is 0 Å². The van der Waals surface area contributed by atoms with Crippen molar-refractivity contribution in [3.63, 3.8) is 0 Å². The Morgan fingerprint density at radius 1 is 1.27 bits per heavy atom. The second-order valence-corrected chi connectivity index (χ2v) is 7.69. The number of hydrogen-bond donors (Lipinski definition) is 0. The zero-order chi connectivity index (χ0) is 21.3. The van der Waals surface area contributed by atoms with Gasteiger partial charge in [-0.3, -0.25) is 4.79 Å². The molecule has 156 valence electrons. The number of nitrogens with zero attached hydrogens (tertiary/aromatic N) is 5. The maximum absolute atomic E-state index is 14.3. The van der Waals surface area contributed by atoms with E-state index in [4.69, 9.17) is 9.51 Å². The molecule has 2 aromatic heterocycles. The molecular weight excluding hydrogens is 385 g/mol. The number of amides is 1. The highest BCUT2D eigenvalue weighted by Crippen LogP contribution is 2.37. The summed E-state index contributed by atoms with van der Waals surface area (Å²) < 4.78 is 19.8. The molecule has 8 heteroatoms. The molecule has 30 heavy (non-hydrogen) atoms. The number of carbonyl (C=O) groups excluding carboxylic acids is 1. The van der Waals surface area contributed by atoms with Gasteiger partial charge in [-0.25, -0.2) is 14.4 Å². The van der Waals surface area contributed by atoms with Crippen molar-refractivity contribution in [3.05, 3.63) is 59.3 Å². The summed E-state index contributed by atoms with van der Waals surface area (Å²) >= 11 is 0. The number of benzene rings is 1. The normalized spacial score (nSPS) is 16.5. The van der Waals surface area contributed by atoms with Crippen molar-refractivity contribution in [1.82, 2.24) is 20.0 Å². The lowest BCUT2D eigenvalue weighted by Crippen LogP contribution is -2.39. The molecule has 0 spiro atoms. The Labute approximate surface area is 174 Å². The van der Waals surface area contributed by atoms with Crippen molar-refractivity contribution in [2.75, 3.05) is 25.5 Å². The second kappa shape index (κ2) is 8.22. The Balaban J connectivity index is 1.80. The molecule has 3 heterocycles. The Kier molecular flexibility index (Phi) is 5.48. The van der Waals surface area contributed by atoms with Crippen LogP contribution in [0.1, 0.15) is 47.1 Å². The summed E-state index contributed by atoms with van der Waals surface area (Å²) in [5, 5.41) is 3.98. The van der Waals surface area contributed by atoms with Crippen LogP contribution < -0.4 is 4.90 Å². The molecule has 1 aliphatic heterocycles. The van der Waals surface area contributed by atoms with Crippen LogP contribution in [0.25, 0.3) is 11.3 Å². The summed E-state index contributed by atoms with van der Waals surface area (Å²) in [5.41, 5.74) is 2.20. The van der Waals surface area contributed by atoms with Gasteiger partial charge in [0.05, 0.1) is 28.6 Å². The number of piperidine rings is 1. The smallest absolute Gasteiger partial charge is 0.257 e. The van der Waals surface area contributed by atoms with Crippen LogP contribution in [0.3, 0.4) is 0 Å². The van der Waals surface area contributed by atoms with Crippen LogP contribution in [0.4, 0.5) is 10.3 Å². The number of anilines is 1. The predicted molar refractivity (Wildman–Crippen MR) is 111 cm³/mol. The minimum absolute atomic E-state index is 0.0725. The standard InChI is InChI=1S/C22H24FN5O2/c1-14-12-19(30-26-14)16-13-24-22(27(2)3)25-20(16)18-10-6-7-11-28(18)21(29)15-8-4-5-9-17(15)23/h4-5,8-9,12-13,18H,6-7,10-11H2,1-3H3/t18-/m0/s1. The molecule has 0 bridgehead atoms. The number of likely N-dealkylation sites (tertiary alicyclic amines) is 1. The van der Waals surface area contributed by atoms with Crippen LogP contribution in [0.2, 0.25) is 0 Å². The first-order valence-corrected chi connectivity index (χ1v) is 9.99. The van der Waals surface area contributed by atoms with Gasteiger partial charge in [-0.2, -0.15) is 0 Å². The molecule has 0 N–H and O–H groups in total. The minimum atomic E-state index is -0.519. The van der Waals surface area contributed by atoms with Crippen molar-refractivity contribution in [2.24, 2.45) is 0 Å². The Bertz CT molecular complexity index is 1070. The molecule has 0 saturated carbocycles. The molecular formula is C22H24FN5O2. The summed E-state index contributed by atoms with van der Waals surface area (Å²) in [5.74, 6) is 0.239. The third-order valence-electron chi connectivity index (χ3n) is 5.28. The molecule has 0 unspecified atom stereocenters. The lowest BCUT2D eigenvalue weighted by Gasteiger charge is -2.36.